The molecular weight excluding hydrogens is 178 g/mol. The molecule has 80 valence electrons. The molecule has 0 aromatic carbocycles. The van der Waals surface area contributed by atoms with E-state index in [1.165, 1.54) is 12.8 Å². The molecule has 2 rings (SSSR count). The third kappa shape index (κ3) is 2.15. The molecule has 1 atom stereocenters. The van der Waals surface area contributed by atoms with E-state index in [0.29, 0.717) is 6.61 Å². The maximum Gasteiger partial charge on any atom is 0.129 e. The predicted molar refractivity (Wildman–Crippen MR) is 54.2 cm³/mol. The van der Waals surface area contributed by atoms with Gasteiger partial charge in [-0.3, -0.25) is 0 Å². The normalized spacial score (nSPS) is 33.3. The van der Waals surface area contributed by atoms with Crippen LogP contribution in [0.15, 0.2) is 0 Å². The number of carbonyl (C=O) groups excluding carboxylic acids is 1. The van der Waals surface area contributed by atoms with E-state index >= 15 is 0 Å². The molecule has 0 radical (unpaired) electrons. The first-order valence-corrected chi connectivity index (χ1v) is 5.50. The molecule has 3 heteroatoms. The molecule has 0 spiro atoms. The molecule has 0 N–H and O–H groups in total. The highest BCUT2D eigenvalue weighted by atomic mass is 16.5. The van der Waals surface area contributed by atoms with Crippen molar-refractivity contribution in [1.29, 1.82) is 0 Å². The van der Waals surface area contributed by atoms with Crippen LogP contribution in [0.4, 0.5) is 0 Å². The summed E-state index contributed by atoms with van der Waals surface area (Å²) in [5, 5.41) is 0. The van der Waals surface area contributed by atoms with Crippen LogP contribution in [0.1, 0.15) is 25.7 Å². The first-order chi connectivity index (χ1) is 6.76. The van der Waals surface area contributed by atoms with Crippen molar-refractivity contribution < 1.29 is 9.53 Å². The molecule has 0 amide bonds. The summed E-state index contributed by atoms with van der Waals surface area (Å²) in [7, 11) is 2.12. The highest BCUT2D eigenvalue weighted by molar-refractivity contribution is 5.60. The lowest BCUT2D eigenvalue weighted by Gasteiger charge is -2.35. The van der Waals surface area contributed by atoms with Crippen molar-refractivity contribution >= 4 is 6.29 Å². The quantitative estimate of drug-likeness (QED) is 0.631. The van der Waals surface area contributed by atoms with Crippen molar-refractivity contribution in [1.82, 2.24) is 4.90 Å². The van der Waals surface area contributed by atoms with Crippen molar-refractivity contribution in [2.24, 2.45) is 5.41 Å². The van der Waals surface area contributed by atoms with E-state index in [0.717, 1.165) is 38.3 Å². The van der Waals surface area contributed by atoms with Gasteiger partial charge in [0, 0.05) is 19.2 Å². The minimum absolute atomic E-state index is 0.213. The topological polar surface area (TPSA) is 29.5 Å². The Bertz CT molecular complexity index is 207. The summed E-state index contributed by atoms with van der Waals surface area (Å²) in [5.74, 6) is 0. The van der Waals surface area contributed by atoms with Gasteiger partial charge in [0.2, 0.25) is 0 Å². The second-order valence-electron chi connectivity index (χ2n) is 4.78. The van der Waals surface area contributed by atoms with Gasteiger partial charge in [-0.05, 0) is 32.7 Å². The lowest BCUT2D eigenvalue weighted by molar-refractivity contribution is -0.125. The Labute approximate surface area is 85.4 Å². The smallest absolute Gasteiger partial charge is 0.129 e. The summed E-state index contributed by atoms with van der Waals surface area (Å²) in [6.07, 6.45) is 5.73. The van der Waals surface area contributed by atoms with Crippen LogP contribution in [-0.2, 0) is 9.53 Å². The summed E-state index contributed by atoms with van der Waals surface area (Å²) in [6.45, 7) is 2.32. The first kappa shape index (κ1) is 10.1. The molecule has 1 saturated carbocycles. The predicted octanol–water partition coefficient (Wildman–Crippen LogP) is 1.08. The van der Waals surface area contributed by atoms with Crippen LogP contribution < -0.4 is 0 Å². The van der Waals surface area contributed by atoms with E-state index in [1.54, 1.807) is 0 Å². The van der Waals surface area contributed by atoms with Crippen LogP contribution in [0.2, 0.25) is 0 Å². The van der Waals surface area contributed by atoms with Crippen molar-refractivity contribution in [3.05, 3.63) is 0 Å². The van der Waals surface area contributed by atoms with Gasteiger partial charge in [0.05, 0.1) is 12.0 Å². The fourth-order valence-electron chi connectivity index (χ4n) is 2.27. The maximum absolute atomic E-state index is 11.2. The second-order valence-corrected chi connectivity index (χ2v) is 4.78. The zero-order valence-electron chi connectivity index (χ0n) is 8.87. The number of carbonyl (C=O) groups is 1. The fourth-order valence-corrected chi connectivity index (χ4v) is 2.27. The third-order valence-electron chi connectivity index (χ3n) is 3.34. The Hall–Kier alpha value is -0.410. The van der Waals surface area contributed by atoms with Gasteiger partial charge in [-0.2, -0.15) is 0 Å². The molecule has 0 aromatic rings. The van der Waals surface area contributed by atoms with E-state index in [4.69, 9.17) is 4.74 Å². The summed E-state index contributed by atoms with van der Waals surface area (Å²) in [6, 6.07) is 0.730. The number of aldehydes is 1. The first-order valence-electron chi connectivity index (χ1n) is 5.50. The van der Waals surface area contributed by atoms with Crippen molar-refractivity contribution in [3.63, 3.8) is 0 Å². The van der Waals surface area contributed by atoms with Gasteiger partial charge in [-0.15, -0.1) is 0 Å². The lowest BCUT2D eigenvalue weighted by atomic mass is 9.83. The molecule has 1 saturated heterocycles. The molecule has 1 aliphatic heterocycles. The number of rotatable bonds is 4. The highest BCUT2D eigenvalue weighted by Gasteiger charge is 2.37. The van der Waals surface area contributed by atoms with Crippen molar-refractivity contribution in [3.8, 4) is 0 Å². The summed E-state index contributed by atoms with van der Waals surface area (Å²) < 4.78 is 5.42. The Morgan fingerprint density at radius 2 is 2.36 bits per heavy atom. The van der Waals surface area contributed by atoms with Gasteiger partial charge in [0.1, 0.15) is 6.29 Å². The minimum Gasteiger partial charge on any atom is -0.380 e. The van der Waals surface area contributed by atoms with Gasteiger partial charge < -0.3 is 14.4 Å². The summed E-state index contributed by atoms with van der Waals surface area (Å²) in [5.41, 5.74) is -0.213. The van der Waals surface area contributed by atoms with E-state index in [2.05, 4.69) is 11.9 Å². The van der Waals surface area contributed by atoms with Gasteiger partial charge in [0.25, 0.3) is 0 Å². The highest BCUT2D eigenvalue weighted by Crippen LogP contribution is 2.32. The Balaban J connectivity index is 1.92. The van der Waals surface area contributed by atoms with Crippen LogP contribution in [0.5, 0.6) is 0 Å². The largest absolute Gasteiger partial charge is 0.380 e. The molecule has 1 unspecified atom stereocenters. The molecule has 1 heterocycles. The Kier molecular flexibility index (Phi) is 2.88. The monoisotopic (exact) mass is 197 g/mol. The number of ether oxygens (including phenoxy) is 1. The lowest BCUT2D eigenvalue weighted by Crippen LogP contribution is -2.43. The van der Waals surface area contributed by atoms with Crippen LogP contribution in [0.25, 0.3) is 0 Å². The summed E-state index contributed by atoms with van der Waals surface area (Å²) in [4.78, 5) is 13.5. The summed E-state index contributed by atoms with van der Waals surface area (Å²) >= 11 is 0. The average molecular weight is 197 g/mol. The number of nitrogens with zero attached hydrogens (tertiary/aromatic N) is 1. The Morgan fingerprint density at radius 3 is 2.86 bits per heavy atom. The molecule has 0 aromatic heterocycles. The zero-order valence-corrected chi connectivity index (χ0v) is 8.87. The third-order valence-corrected chi connectivity index (χ3v) is 3.34. The zero-order chi connectivity index (χ0) is 10.0. The van der Waals surface area contributed by atoms with Gasteiger partial charge in [-0.1, -0.05) is 0 Å². The molecule has 3 nitrogen and oxygen atoms in total. The van der Waals surface area contributed by atoms with Gasteiger partial charge >= 0.3 is 0 Å². The van der Waals surface area contributed by atoms with E-state index in [-0.39, 0.29) is 5.41 Å². The van der Waals surface area contributed by atoms with Crippen LogP contribution >= 0.6 is 0 Å². The van der Waals surface area contributed by atoms with Crippen LogP contribution in [0, 0.1) is 5.41 Å². The van der Waals surface area contributed by atoms with Crippen molar-refractivity contribution in [2.75, 3.05) is 26.8 Å². The van der Waals surface area contributed by atoms with Crippen molar-refractivity contribution in [2.45, 2.75) is 31.7 Å². The number of hydrogen-bond acceptors (Lipinski definition) is 3. The Morgan fingerprint density at radius 1 is 1.57 bits per heavy atom. The maximum atomic E-state index is 11.2. The van der Waals surface area contributed by atoms with Crippen LogP contribution in [-0.4, -0.2) is 44.0 Å². The molecular formula is C11H19NO2. The SMILES string of the molecule is CN(CC1(C=O)CCCOC1)C1CC1. The molecule has 1 aliphatic carbocycles. The van der Waals surface area contributed by atoms with E-state index in [9.17, 15) is 4.79 Å². The standard InChI is InChI=1S/C11H19NO2/c1-12(10-3-4-10)7-11(8-13)5-2-6-14-9-11/h8,10H,2-7,9H2,1H3. The van der Waals surface area contributed by atoms with Gasteiger partial charge in [0.15, 0.2) is 0 Å². The molecule has 2 aliphatic rings. The van der Waals surface area contributed by atoms with E-state index < -0.39 is 0 Å². The second kappa shape index (κ2) is 3.99. The fraction of sp³-hybridized carbons (Fsp3) is 0.909. The molecule has 2 fully saturated rings. The van der Waals surface area contributed by atoms with Crippen LogP contribution in [0.3, 0.4) is 0 Å². The van der Waals surface area contributed by atoms with Gasteiger partial charge in [-0.25, -0.2) is 0 Å². The minimum atomic E-state index is -0.213. The molecule has 14 heavy (non-hydrogen) atoms. The molecule has 0 bridgehead atoms. The average Bonchev–Trinajstić information content (AvgIpc) is 3.02. The number of hydrogen-bond donors (Lipinski definition) is 0. The van der Waals surface area contributed by atoms with E-state index in [1.807, 2.05) is 0 Å².